The van der Waals surface area contributed by atoms with E-state index < -0.39 is 5.97 Å². The minimum atomic E-state index is -0.534. The Labute approximate surface area is 196 Å². The molecule has 0 radical (unpaired) electrons. The summed E-state index contributed by atoms with van der Waals surface area (Å²) in [6.45, 7) is 2.70. The van der Waals surface area contributed by atoms with Crippen LogP contribution in [0.1, 0.15) is 30.9 Å². The molecule has 8 heteroatoms. The van der Waals surface area contributed by atoms with Gasteiger partial charge in [0.1, 0.15) is 0 Å². The topological polar surface area (TPSA) is 57.1 Å². The number of unbranched alkanes of at least 4 members (excludes halogenated alkanes) is 1. The fraction of sp³-hybridized carbons (Fsp3) is 0.238. The number of carbonyl (C=O) groups is 1. The van der Waals surface area contributed by atoms with Crippen molar-refractivity contribution in [3.63, 3.8) is 0 Å². The summed E-state index contributed by atoms with van der Waals surface area (Å²) in [6.07, 6.45) is 3.63. The van der Waals surface area contributed by atoms with Crippen LogP contribution in [0.15, 0.2) is 45.5 Å². The molecule has 1 aliphatic rings. The van der Waals surface area contributed by atoms with Crippen molar-refractivity contribution in [3.05, 3.63) is 60.2 Å². The van der Waals surface area contributed by atoms with Crippen molar-refractivity contribution in [2.24, 2.45) is 4.99 Å². The minimum Gasteiger partial charge on any atom is -0.493 e. The molecular formula is C21H18BrClINO4. The van der Waals surface area contributed by atoms with Crippen LogP contribution >= 0.6 is 50.1 Å². The number of hydrogen-bond donors (Lipinski definition) is 0. The minimum absolute atomic E-state index is 0.184. The van der Waals surface area contributed by atoms with E-state index in [4.69, 9.17) is 25.8 Å². The molecule has 0 fully saturated rings. The Morgan fingerprint density at radius 3 is 2.83 bits per heavy atom. The molecule has 0 aromatic heterocycles. The van der Waals surface area contributed by atoms with Gasteiger partial charge in [-0.2, -0.15) is 0 Å². The van der Waals surface area contributed by atoms with Crippen LogP contribution < -0.4 is 9.47 Å². The number of benzene rings is 2. The van der Waals surface area contributed by atoms with E-state index in [1.807, 2.05) is 18.2 Å². The van der Waals surface area contributed by atoms with Crippen LogP contribution in [0.25, 0.3) is 6.08 Å². The molecule has 2 aromatic carbocycles. The molecule has 0 spiro atoms. The Bertz CT molecular complexity index is 1010. The molecule has 0 amide bonds. The predicted octanol–water partition coefficient (Wildman–Crippen LogP) is 6.24. The third kappa shape index (κ3) is 5.32. The number of aliphatic imine (C=N–C) groups is 1. The molecule has 3 rings (SSSR count). The van der Waals surface area contributed by atoms with Crippen LogP contribution in [0.2, 0.25) is 5.02 Å². The van der Waals surface area contributed by atoms with Crippen LogP contribution in [-0.4, -0.2) is 25.6 Å². The summed E-state index contributed by atoms with van der Waals surface area (Å²) in [6, 6.07) is 9.07. The van der Waals surface area contributed by atoms with Gasteiger partial charge in [-0.15, -0.1) is 0 Å². The zero-order valence-electron chi connectivity index (χ0n) is 15.8. The predicted molar refractivity (Wildman–Crippen MR) is 126 cm³/mol. The average molecular weight is 591 g/mol. The van der Waals surface area contributed by atoms with E-state index >= 15 is 0 Å². The fourth-order valence-electron chi connectivity index (χ4n) is 2.63. The molecular weight excluding hydrogens is 572 g/mol. The Balaban J connectivity index is 1.93. The lowest BCUT2D eigenvalue weighted by Gasteiger charge is -2.13. The van der Waals surface area contributed by atoms with Gasteiger partial charge >= 0.3 is 5.97 Å². The van der Waals surface area contributed by atoms with Gasteiger partial charge in [0.05, 0.1) is 28.8 Å². The Morgan fingerprint density at radius 1 is 1.31 bits per heavy atom. The van der Waals surface area contributed by atoms with E-state index in [9.17, 15) is 4.79 Å². The first-order valence-electron chi connectivity index (χ1n) is 8.91. The second-order valence-electron chi connectivity index (χ2n) is 6.20. The summed E-state index contributed by atoms with van der Waals surface area (Å²) >= 11 is 11.9. The Hall–Kier alpha value is -1.58. The zero-order valence-corrected chi connectivity index (χ0v) is 20.3. The summed E-state index contributed by atoms with van der Waals surface area (Å²) in [5, 5.41) is 0.469. The number of halogens is 3. The fourth-order valence-corrected chi connectivity index (χ4v) is 3.89. The van der Waals surface area contributed by atoms with Gasteiger partial charge in [-0.05, 0) is 86.9 Å². The van der Waals surface area contributed by atoms with Gasteiger partial charge < -0.3 is 14.2 Å². The van der Waals surface area contributed by atoms with Gasteiger partial charge in [-0.3, -0.25) is 0 Å². The van der Waals surface area contributed by atoms with E-state index in [0.29, 0.717) is 28.7 Å². The van der Waals surface area contributed by atoms with E-state index in [1.165, 1.54) is 0 Å². The van der Waals surface area contributed by atoms with E-state index in [2.05, 4.69) is 50.4 Å². The molecule has 152 valence electrons. The molecule has 0 saturated heterocycles. The van der Waals surface area contributed by atoms with Crippen molar-refractivity contribution in [1.29, 1.82) is 0 Å². The number of esters is 1. The number of nitrogens with zero attached hydrogens (tertiary/aromatic N) is 1. The summed E-state index contributed by atoms with van der Waals surface area (Å²) in [7, 11) is 1.57. The molecule has 1 aliphatic heterocycles. The molecule has 1 heterocycles. The first-order valence-corrected chi connectivity index (χ1v) is 11.2. The number of carbonyl (C=O) groups excluding carboxylic acids is 1. The number of methoxy groups -OCH3 is 1. The second-order valence-corrected chi connectivity index (χ2v) is 8.70. The van der Waals surface area contributed by atoms with Crippen LogP contribution in [0.4, 0.5) is 0 Å². The molecule has 5 nitrogen and oxygen atoms in total. The summed E-state index contributed by atoms with van der Waals surface area (Å²) < 4.78 is 18.3. The standard InChI is InChI=1S/C21H18BrClINO4/c1-3-4-7-28-19-15(22)8-12(10-18(19)27-2)9-17-21(26)29-20(25-17)14-11-13(24)5-6-16(14)23/h5-6,8-11H,3-4,7H2,1-2H3/b17-9-. The maximum Gasteiger partial charge on any atom is 0.363 e. The molecule has 0 N–H and O–H groups in total. The Kier molecular flexibility index (Phi) is 7.59. The maximum absolute atomic E-state index is 12.3. The first-order chi connectivity index (χ1) is 13.9. The molecule has 2 aromatic rings. The lowest BCUT2D eigenvalue weighted by molar-refractivity contribution is -0.129. The monoisotopic (exact) mass is 589 g/mol. The molecule has 0 unspecified atom stereocenters. The van der Waals surface area contributed by atoms with Crippen LogP contribution in [0.5, 0.6) is 11.5 Å². The zero-order chi connectivity index (χ0) is 21.0. The first kappa shape index (κ1) is 22.1. The number of hydrogen-bond acceptors (Lipinski definition) is 5. The number of rotatable bonds is 7. The normalized spacial score (nSPS) is 14.7. The second kappa shape index (κ2) is 9.95. The van der Waals surface area contributed by atoms with Crippen molar-refractivity contribution in [1.82, 2.24) is 0 Å². The number of ether oxygens (including phenoxy) is 3. The highest BCUT2D eigenvalue weighted by atomic mass is 127. The van der Waals surface area contributed by atoms with Gasteiger partial charge in [0, 0.05) is 3.57 Å². The van der Waals surface area contributed by atoms with Gasteiger partial charge in [0.25, 0.3) is 0 Å². The molecule has 29 heavy (non-hydrogen) atoms. The van der Waals surface area contributed by atoms with Crippen molar-refractivity contribution in [2.75, 3.05) is 13.7 Å². The van der Waals surface area contributed by atoms with Crippen LogP contribution in [-0.2, 0) is 9.53 Å². The van der Waals surface area contributed by atoms with Gasteiger partial charge in [0.2, 0.25) is 5.90 Å². The van der Waals surface area contributed by atoms with Crippen LogP contribution in [0.3, 0.4) is 0 Å². The van der Waals surface area contributed by atoms with E-state index in [1.54, 1.807) is 25.3 Å². The lowest BCUT2D eigenvalue weighted by Crippen LogP contribution is -2.06. The molecule has 0 aliphatic carbocycles. The molecule has 0 atom stereocenters. The highest BCUT2D eigenvalue weighted by Crippen LogP contribution is 2.37. The highest BCUT2D eigenvalue weighted by molar-refractivity contribution is 14.1. The third-order valence-electron chi connectivity index (χ3n) is 4.08. The molecule has 0 bridgehead atoms. The van der Waals surface area contributed by atoms with Crippen LogP contribution in [0, 0.1) is 3.57 Å². The average Bonchev–Trinajstić information content (AvgIpc) is 3.05. The number of cyclic esters (lactones) is 1. The van der Waals surface area contributed by atoms with E-state index in [-0.39, 0.29) is 11.6 Å². The summed E-state index contributed by atoms with van der Waals surface area (Å²) in [4.78, 5) is 16.7. The Morgan fingerprint density at radius 2 is 2.10 bits per heavy atom. The summed E-state index contributed by atoms with van der Waals surface area (Å²) in [5.74, 6) is 0.856. The van der Waals surface area contributed by atoms with Crippen molar-refractivity contribution in [3.8, 4) is 11.5 Å². The quantitative estimate of drug-likeness (QED) is 0.166. The van der Waals surface area contributed by atoms with Gasteiger partial charge in [0.15, 0.2) is 17.2 Å². The van der Waals surface area contributed by atoms with Crippen molar-refractivity contribution >= 4 is 68.1 Å². The van der Waals surface area contributed by atoms with Gasteiger partial charge in [-0.25, -0.2) is 9.79 Å². The SMILES string of the molecule is CCCCOc1c(Br)cc(/C=C2\N=C(c3cc(I)ccc3Cl)OC2=O)cc1OC. The summed E-state index contributed by atoms with van der Waals surface area (Å²) in [5.41, 5.74) is 1.49. The molecule has 0 saturated carbocycles. The van der Waals surface area contributed by atoms with E-state index in [0.717, 1.165) is 26.4 Å². The van der Waals surface area contributed by atoms with Crippen molar-refractivity contribution < 1.29 is 19.0 Å². The maximum atomic E-state index is 12.3. The highest BCUT2D eigenvalue weighted by Gasteiger charge is 2.26. The van der Waals surface area contributed by atoms with Crippen molar-refractivity contribution in [2.45, 2.75) is 19.8 Å². The largest absolute Gasteiger partial charge is 0.493 e. The lowest BCUT2D eigenvalue weighted by atomic mass is 10.1. The smallest absolute Gasteiger partial charge is 0.363 e. The third-order valence-corrected chi connectivity index (χ3v) is 5.67. The van der Waals surface area contributed by atoms with Gasteiger partial charge in [-0.1, -0.05) is 24.9 Å².